The van der Waals surface area contributed by atoms with Crippen molar-refractivity contribution in [2.75, 3.05) is 11.9 Å². The van der Waals surface area contributed by atoms with Crippen molar-refractivity contribution in [1.29, 1.82) is 0 Å². The van der Waals surface area contributed by atoms with Gasteiger partial charge in [0.05, 0.1) is 18.0 Å². The summed E-state index contributed by atoms with van der Waals surface area (Å²) in [7, 11) is 1.84. The smallest absolute Gasteiger partial charge is 0.322 e. The third kappa shape index (κ3) is 3.54. The molecule has 1 N–H and O–H groups in total. The van der Waals surface area contributed by atoms with Gasteiger partial charge in [0.1, 0.15) is 0 Å². The standard InChI is InChI=1S/C11H15ClN6O/c1-4-5-19-11-15-9(12)14-10(16-11)13-8-6-18(3)17-7(8)2/h6H,4-5H2,1-3H3,(H,13,14,15,16). The zero-order valence-corrected chi connectivity index (χ0v) is 11.8. The van der Waals surface area contributed by atoms with Gasteiger partial charge in [-0.2, -0.15) is 20.1 Å². The predicted molar refractivity (Wildman–Crippen MR) is 71.9 cm³/mol. The second kappa shape index (κ2) is 5.83. The van der Waals surface area contributed by atoms with Crippen molar-refractivity contribution in [3.05, 3.63) is 17.2 Å². The number of nitrogens with zero attached hydrogens (tertiary/aromatic N) is 5. The number of rotatable bonds is 5. The van der Waals surface area contributed by atoms with Crippen LogP contribution in [0.15, 0.2) is 6.20 Å². The molecule has 2 aromatic rings. The first-order chi connectivity index (χ1) is 9.08. The van der Waals surface area contributed by atoms with Crippen LogP contribution in [0.2, 0.25) is 5.28 Å². The van der Waals surface area contributed by atoms with Crippen LogP contribution in [0, 0.1) is 6.92 Å². The maximum Gasteiger partial charge on any atom is 0.322 e. The van der Waals surface area contributed by atoms with Gasteiger partial charge < -0.3 is 10.1 Å². The summed E-state index contributed by atoms with van der Waals surface area (Å²) >= 11 is 5.84. The second-order valence-corrected chi connectivity index (χ2v) is 4.32. The second-order valence-electron chi connectivity index (χ2n) is 3.99. The summed E-state index contributed by atoms with van der Waals surface area (Å²) in [5.41, 5.74) is 1.65. The van der Waals surface area contributed by atoms with E-state index in [1.165, 1.54) is 0 Å². The Balaban J connectivity index is 2.20. The van der Waals surface area contributed by atoms with Gasteiger partial charge in [-0.1, -0.05) is 6.92 Å². The summed E-state index contributed by atoms with van der Waals surface area (Å²) in [5.74, 6) is 0.335. The minimum absolute atomic E-state index is 0.0881. The van der Waals surface area contributed by atoms with Crippen molar-refractivity contribution >= 4 is 23.2 Å². The van der Waals surface area contributed by atoms with Gasteiger partial charge in [-0.3, -0.25) is 4.68 Å². The molecule has 0 aliphatic heterocycles. The molecule has 0 spiro atoms. The van der Waals surface area contributed by atoms with Crippen molar-refractivity contribution in [2.24, 2.45) is 7.05 Å². The van der Waals surface area contributed by atoms with Gasteiger partial charge in [0.15, 0.2) is 0 Å². The van der Waals surface area contributed by atoms with Gasteiger partial charge in [-0.25, -0.2) is 0 Å². The minimum Gasteiger partial charge on any atom is -0.463 e. The number of halogens is 1. The fourth-order valence-electron chi connectivity index (χ4n) is 1.49. The van der Waals surface area contributed by atoms with E-state index < -0.39 is 0 Å². The maximum atomic E-state index is 5.84. The average Bonchev–Trinajstić information content (AvgIpc) is 2.64. The minimum atomic E-state index is 0.0881. The number of ether oxygens (including phenoxy) is 1. The molecular formula is C11H15ClN6O. The highest BCUT2D eigenvalue weighted by Crippen LogP contribution is 2.18. The highest BCUT2D eigenvalue weighted by Gasteiger charge is 2.09. The number of hydrogen-bond acceptors (Lipinski definition) is 6. The lowest BCUT2D eigenvalue weighted by Gasteiger charge is -2.06. The van der Waals surface area contributed by atoms with E-state index in [0.717, 1.165) is 17.8 Å². The number of anilines is 2. The largest absolute Gasteiger partial charge is 0.463 e. The molecule has 0 aliphatic carbocycles. The maximum absolute atomic E-state index is 5.84. The molecule has 0 saturated carbocycles. The van der Waals surface area contributed by atoms with Crippen molar-refractivity contribution in [3.63, 3.8) is 0 Å². The zero-order valence-electron chi connectivity index (χ0n) is 11.0. The van der Waals surface area contributed by atoms with Crippen LogP contribution in [0.1, 0.15) is 19.0 Å². The van der Waals surface area contributed by atoms with Crippen LogP contribution in [0.4, 0.5) is 11.6 Å². The van der Waals surface area contributed by atoms with Crippen molar-refractivity contribution in [2.45, 2.75) is 20.3 Å². The summed E-state index contributed by atoms with van der Waals surface area (Å²) in [6.45, 7) is 4.42. The monoisotopic (exact) mass is 282 g/mol. The van der Waals surface area contributed by atoms with Gasteiger partial charge in [0.2, 0.25) is 11.2 Å². The molecule has 0 unspecified atom stereocenters. The first-order valence-corrected chi connectivity index (χ1v) is 6.28. The van der Waals surface area contributed by atoms with Crippen LogP contribution in [-0.4, -0.2) is 31.3 Å². The normalized spacial score (nSPS) is 10.5. The molecule has 7 nitrogen and oxygen atoms in total. The SMILES string of the molecule is CCCOc1nc(Cl)nc(Nc2cn(C)nc2C)n1. The molecule has 0 saturated heterocycles. The van der Waals surface area contributed by atoms with E-state index in [-0.39, 0.29) is 11.3 Å². The third-order valence-electron chi connectivity index (χ3n) is 2.28. The molecule has 0 bridgehead atoms. The van der Waals surface area contributed by atoms with E-state index in [4.69, 9.17) is 16.3 Å². The van der Waals surface area contributed by atoms with Gasteiger partial charge in [-0.15, -0.1) is 0 Å². The van der Waals surface area contributed by atoms with Crippen LogP contribution < -0.4 is 10.1 Å². The predicted octanol–water partition coefficient (Wildman–Crippen LogP) is 2.10. The van der Waals surface area contributed by atoms with Gasteiger partial charge in [0.25, 0.3) is 0 Å². The third-order valence-corrected chi connectivity index (χ3v) is 2.45. The molecule has 19 heavy (non-hydrogen) atoms. The Kier molecular flexibility index (Phi) is 4.16. The Morgan fingerprint density at radius 1 is 1.37 bits per heavy atom. The number of nitrogens with one attached hydrogen (secondary N) is 1. The Morgan fingerprint density at radius 2 is 2.16 bits per heavy atom. The molecule has 2 rings (SSSR count). The van der Waals surface area contributed by atoms with E-state index in [1.54, 1.807) is 4.68 Å². The van der Waals surface area contributed by atoms with Crippen molar-refractivity contribution < 1.29 is 4.74 Å². The molecule has 0 atom stereocenters. The van der Waals surface area contributed by atoms with E-state index in [0.29, 0.717) is 12.6 Å². The van der Waals surface area contributed by atoms with Crippen LogP contribution in [0.5, 0.6) is 6.01 Å². The lowest BCUT2D eigenvalue weighted by molar-refractivity contribution is 0.292. The first kappa shape index (κ1) is 13.5. The number of aromatic nitrogens is 5. The zero-order chi connectivity index (χ0) is 13.8. The fraction of sp³-hybridized carbons (Fsp3) is 0.455. The van der Waals surface area contributed by atoms with Crippen LogP contribution in [0.3, 0.4) is 0 Å². The van der Waals surface area contributed by atoms with E-state index in [9.17, 15) is 0 Å². The number of hydrogen-bond donors (Lipinski definition) is 1. The topological polar surface area (TPSA) is 77.8 Å². The summed E-state index contributed by atoms with van der Waals surface area (Å²) < 4.78 is 7.05. The molecule has 0 amide bonds. The Hall–Kier alpha value is -1.89. The lowest BCUT2D eigenvalue weighted by atomic mass is 10.4. The van der Waals surface area contributed by atoms with Gasteiger partial charge >= 0.3 is 6.01 Å². The highest BCUT2D eigenvalue weighted by molar-refractivity contribution is 6.28. The average molecular weight is 283 g/mol. The molecule has 8 heteroatoms. The first-order valence-electron chi connectivity index (χ1n) is 5.90. The molecular weight excluding hydrogens is 268 g/mol. The van der Waals surface area contributed by atoms with Crippen molar-refractivity contribution in [3.8, 4) is 6.01 Å². The number of aryl methyl sites for hydroxylation is 2. The Labute approximate surface area is 116 Å². The highest BCUT2D eigenvalue weighted by atomic mass is 35.5. The molecule has 2 aromatic heterocycles. The quantitative estimate of drug-likeness (QED) is 0.905. The van der Waals surface area contributed by atoms with E-state index >= 15 is 0 Å². The van der Waals surface area contributed by atoms with E-state index in [1.807, 2.05) is 27.1 Å². The van der Waals surface area contributed by atoms with E-state index in [2.05, 4.69) is 25.4 Å². The Morgan fingerprint density at radius 3 is 2.79 bits per heavy atom. The summed E-state index contributed by atoms with van der Waals surface area (Å²) in [6.07, 6.45) is 2.70. The molecule has 0 radical (unpaired) electrons. The summed E-state index contributed by atoms with van der Waals surface area (Å²) in [6, 6.07) is 0.214. The molecule has 0 aromatic carbocycles. The van der Waals surface area contributed by atoms with Crippen LogP contribution >= 0.6 is 11.6 Å². The summed E-state index contributed by atoms with van der Waals surface area (Å²) in [4.78, 5) is 12.0. The van der Waals surface area contributed by atoms with Gasteiger partial charge in [0, 0.05) is 13.2 Å². The lowest BCUT2D eigenvalue weighted by Crippen LogP contribution is -2.05. The molecule has 0 fully saturated rings. The fourth-order valence-corrected chi connectivity index (χ4v) is 1.64. The van der Waals surface area contributed by atoms with Crippen LogP contribution in [-0.2, 0) is 7.05 Å². The summed E-state index contributed by atoms with van der Waals surface area (Å²) in [5, 5.41) is 7.35. The molecule has 102 valence electrons. The molecule has 0 aliphatic rings. The van der Waals surface area contributed by atoms with Crippen LogP contribution in [0.25, 0.3) is 0 Å². The molecule has 2 heterocycles. The Bertz CT molecular complexity index is 570. The van der Waals surface area contributed by atoms with Gasteiger partial charge in [-0.05, 0) is 24.9 Å². The van der Waals surface area contributed by atoms with Crippen molar-refractivity contribution in [1.82, 2.24) is 24.7 Å².